The first kappa shape index (κ1) is 25.4. The van der Waals surface area contributed by atoms with Gasteiger partial charge in [0.1, 0.15) is 0 Å². The first-order valence-electron chi connectivity index (χ1n) is 12.8. The number of piperidine rings is 1. The summed E-state index contributed by atoms with van der Waals surface area (Å²) in [6.07, 6.45) is -3.47. The zero-order chi connectivity index (χ0) is 26.0. The lowest BCUT2D eigenvalue weighted by Gasteiger charge is -2.36. The van der Waals surface area contributed by atoms with Crippen LogP contribution in [0.3, 0.4) is 0 Å². The number of nitrogens with zero attached hydrogens (tertiary/aromatic N) is 3. The van der Waals surface area contributed by atoms with Gasteiger partial charge in [-0.05, 0) is 56.0 Å². The van der Waals surface area contributed by atoms with Crippen molar-refractivity contribution in [3.05, 3.63) is 60.2 Å². The molecule has 2 fully saturated rings. The van der Waals surface area contributed by atoms with Crippen molar-refractivity contribution in [3.8, 4) is 0 Å². The van der Waals surface area contributed by atoms with E-state index in [1.54, 1.807) is 29.2 Å². The van der Waals surface area contributed by atoms with Crippen LogP contribution in [0.2, 0.25) is 0 Å². The molecule has 3 aliphatic rings. The number of amides is 2. The fourth-order valence-corrected chi connectivity index (χ4v) is 5.73. The summed E-state index contributed by atoms with van der Waals surface area (Å²) in [6, 6.07) is 17.2. The molecule has 2 aromatic carbocycles. The number of hydrogen-bond acceptors (Lipinski definition) is 5. The minimum Gasteiger partial charge on any atom is -0.356 e. The Kier molecular flexibility index (Phi) is 7.28. The highest BCUT2D eigenvalue weighted by Gasteiger charge is 2.48. The fraction of sp³-hybridized carbons (Fsp3) is 0.481. The maximum atomic E-state index is 13.5. The third-order valence-corrected chi connectivity index (χ3v) is 7.71. The molecule has 2 saturated heterocycles. The van der Waals surface area contributed by atoms with Gasteiger partial charge in [0.05, 0.1) is 24.5 Å². The van der Waals surface area contributed by atoms with Gasteiger partial charge in [-0.3, -0.25) is 14.5 Å². The van der Waals surface area contributed by atoms with Gasteiger partial charge in [-0.1, -0.05) is 42.5 Å². The van der Waals surface area contributed by atoms with E-state index < -0.39 is 24.8 Å². The Labute approximate surface area is 214 Å². The number of fused-ring (bicyclic) bond motifs is 1. The number of benzene rings is 2. The molecule has 5 rings (SSSR count). The van der Waals surface area contributed by atoms with E-state index in [0.29, 0.717) is 36.4 Å². The van der Waals surface area contributed by atoms with Crippen LogP contribution in [0.25, 0.3) is 0 Å². The van der Waals surface area contributed by atoms with Crippen LogP contribution in [-0.2, 0) is 9.59 Å². The molecule has 7 nitrogen and oxygen atoms in total. The quantitative estimate of drug-likeness (QED) is 0.618. The van der Waals surface area contributed by atoms with Crippen LogP contribution < -0.4 is 15.5 Å². The van der Waals surface area contributed by atoms with Crippen LogP contribution in [0.1, 0.15) is 30.7 Å². The van der Waals surface area contributed by atoms with Gasteiger partial charge >= 0.3 is 6.18 Å². The van der Waals surface area contributed by atoms with Crippen molar-refractivity contribution in [2.75, 3.05) is 49.5 Å². The average Bonchev–Trinajstić information content (AvgIpc) is 3.54. The van der Waals surface area contributed by atoms with Crippen molar-refractivity contribution in [3.63, 3.8) is 0 Å². The lowest BCUT2D eigenvalue weighted by atomic mass is 9.89. The molecule has 0 bridgehead atoms. The Morgan fingerprint density at radius 3 is 2.38 bits per heavy atom. The molecule has 2 atom stereocenters. The molecule has 2 unspecified atom stereocenters. The minimum absolute atomic E-state index is 0.206. The molecule has 3 aliphatic heterocycles. The fourth-order valence-electron chi connectivity index (χ4n) is 5.73. The lowest BCUT2D eigenvalue weighted by molar-refractivity contribution is -0.142. The van der Waals surface area contributed by atoms with Crippen molar-refractivity contribution in [2.24, 2.45) is 0 Å². The highest BCUT2D eigenvalue weighted by molar-refractivity contribution is 5.89. The Morgan fingerprint density at radius 1 is 0.946 bits per heavy atom. The number of anilines is 2. The predicted octanol–water partition coefficient (Wildman–Crippen LogP) is 3.40. The summed E-state index contributed by atoms with van der Waals surface area (Å²) in [6.45, 7) is 2.51. The van der Waals surface area contributed by atoms with E-state index in [9.17, 15) is 22.8 Å². The molecule has 10 heteroatoms. The van der Waals surface area contributed by atoms with Gasteiger partial charge in [0, 0.05) is 19.1 Å². The molecule has 2 aromatic rings. The topological polar surface area (TPSA) is 67.9 Å². The first-order chi connectivity index (χ1) is 17.8. The van der Waals surface area contributed by atoms with Crippen LogP contribution >= 0.6 is 0 Å². The second-order valence-electron chi connectivity index (χ2n) is 10.0. The summed E-state index contributed by atoms with van der Waals surface area (Å²) in [5, 5.41) is 4.96. The maximum Gasteiger partial charge on any atom is 0.427 e. The van der Waals surface area contributed by atoms with Crippen molar-refractivity contribution >= 4 is 23.2 Å². The third kappa shape index (κ3) is 5.69. The van der Waals surface area contributed by atoms with Gasteiger partial charge in [-0.2, -0.15) is 13.2 Å². The number of hydrogen-bond donors (Lipinski definition) is 2. The number of carbonyl (C=O) groups is 2. The number of halogens is 3. The SMILES string of the molecule is O=C(CN1c2ccccc2NC1C(F)(F)F)NCC(=O)N1CCC(N2CCC(c3ccccc3)CC2)C1. The molecule has 0 spiro atoms. The molecule has 2 N–H and O–H groups in total. The van der Waals surface area contributed by atoms with Gasteiger partial charge in [0.25, 0.3) is 0 Å². The van der Waals surface area contributed by atoms with Crippen LogP contribution in [0.5, 0.6) is 0 Å². The Hall–Kier alpha value is -3.27. The van der Waals surface area contributed by atoms with Crippen LogP contribution in [0.15, 0.2) is 54.6 Å². The molecule has 0 saturated carbocycles. The molecule has 0 aromatic heterocycles. The molecular formula is C27H32F3N5O2. The second kappa shape index (κ2) is 10.6. The normalized spacial score (nSPS) is 22.6. The first-order valence-corrected chi connectivity index (χ1v) is 12.8. The van der Waals surface area contributed by atoms with Crippen LogP contribution in [-0.4, -0.2) is 79.3 Å². The van der Waals surface area contributed by atoms with E-state index >= 15 is 0 Å². The highest BCUT2D eigenvalue weighted by atomic mass is 19.4. The molecule has 3 heterocycles. The zero-order valence-electron chi connectivity index (χ0n) is 20.6. The van der Waals surface area contributed by atoms with Gasteiger partial charge in [-0.15, -0.1) is 0 Å². The monoisotopic (exact) mass is 515 g/mol. The van der Waals surface area contributed by atoms with Crippen molar-refractivity contribution in [2.45, 2.75) is 43.6 Å². The van der Waals surface area contributed by atoms with Crippen LogP contribution in [0, 0.1) is 0 Å². The largest absolute Gasteiger partial charge is 0.427 e. The third-order valence-electron chi connectivity index (χ3n) is 7.71. The zero-order valence-corrected chi connectivity index (χ0v) is 20.6. The smallest absolute Gasteiger partial charge is 0.356 e. The number of rotatable bonds is 6. The molecular weight excluding hydrogens is 483 g/mol. The molecule has 37 heavy (non-hydrogen) atoms. The molecule has 198 valence electrons. The second-order valence-corrected chi connectivity index (χ2v) is 10.0. The van der Waals surface area contributed by atoms with E-state index in [1.807, 2.05) is 6.07 Å². The number of alkyl halides is 3. The Balaban J connectivity index is 1.08. The number of carbonyl (C=O) groups excluding carboxylic acids is 2. The number of likely N-dealkylation sites (tertiary alicyclic amines) is 2. The molecule has 2 amide bonds. The number of nitrogens with one attached hydrogen (secondary N) is 2. The van der Waals surface area contributed by atoms with Crippen molar-refractivity contribution in [1.29, 1.82) is 0 Å². The van der Waals surface area contributed by atoms with E-state index in [4.69, 9.17) is 0 Å². The summed E-state index contributed by atoms with van der Waals surface area (Å²) in [5.41, 5.74) is 2.02. The Morgan fingerprint density at radius 2 is 1.65 bits per heavy atom. The standard InChI is InChI=1S/C27H32F3N5O2/c28-27(29,30)26-32-22-8-4-5-9-23(22)35(26)18-24(36)31-16-25(37)34-15-12-21(17-34)33-13-10-20(11-14-33)19-6-2-1-3-7-19/h1-9,20-21,26,32H,10-18H2,(H,31,36). The van der Waals surface area contributed by atoms with Gasteiger partial charge in [-0.25, -0.2) is 0 Å². The summed E-state index contributed by atoms with van der Waals surface area (Å²) < 4.78 is 40.6. The molecule has 0 aliphatic carbocycles. The summed E-state index contributed by atoms with van der Waals surface area (Å²) >= 11 is 0. The minimum atomic E-state index is -4.56. The predicted molar refractivity (Wildman–Crippen MR) is 135 cm³/mol. The highest BCUT2D eigenvalue weighted by Crippen LogP contribution is 2.40. The maximum absolute atomic E-state index is 13.5. The lowest BCUT2D eigenvalue weighted by Crippen LogP contribution is -2.51. The molecule has 0 radical (unpaired) electrons. The summed E-state index contributed by atoms with van der Waals surface area (Å²) in [5.74, 6) is -0.260. The number of para-hydroxylation sites is 2. The Bertz CT molecular complexity index is 1100. The van der Waals surface area contributed by atoms with Gasteiger partial charge < -0.3 is 20.4 Å². The average molecular weight is 516 g/mol. The van der Waals surface area contributed by atoms with Gasteiger partial charge in [0.15, 0.2) is 6.17 Å². The van der Waals surface area contributed by atoms with E-state index in [0.717, 1.165) is 37.3 Å². The summed E-state index contributed by atoms with van der Waals surface area (Å²) in [4.78, 5) is 30.5. The van der Waals surface area contributed by atoms with Crippen LogP contribution in [0.4, 0.5) is 24.5 Å². The van der Waals surface area contributed by atoms with Gasteiger partial charge in [0.2, 0.25) is 11.8 Å². The van der Waals surface area contributed by atoms with Crippen molar-refractivity contribution < 1.29 is 22.8 Å². The van der Waals surface area contributed by atoms with Crippen molar-refractivity contribution in [1.82, 2.24) is 15.1 Å². The van der Waals surface area contributed by atoms with E-state index in [1.165, 1.54) is 5.56 Å². The van der Waals surface area contributed by atoms with E-state index in [2.05, 4.69) is 39.8 Å². The summed E-state index contributed by atoms with van der Waals surface area (Å²) in [7, 11) is 0. The van der Waals surface area contributed by atoms with E-state index in [-0.39, 0.29) is 12.5 Å².